The number of primary amides is 1. The number of benzene rings is 2. The number of H-pyrrole nitrogens is 1. The van der Waals surface area contributed by atoms with Gasteiger partial charge >= 0.3 is 0 Å². The van der Waals surface area contributed by atoms with Crippen molar-refractivity contribution in [1.82, 2.24) is 14.9 Å². The van der Waals surface area contributed by atoms with Gasteiger partial charge in [0.2, 0.25) is 11.8 Å². The van der Waals surface area contributed by atoms with Crippen LogP contribution in [0.3, 0.4) is 0 Å². The van der Waals surface area contributed by atoms with Crippen molar-refractivity contribution < 1.29 is 14.6 Å². The molecule has 0 spiro atoms. The first-order chi connectivity index (χ1) is 17.8. The number of nitrogens with zero attached hydrogens (tertiary/aromatic N) is 4. The molecule has 1 aromatic heterocycles. The number of carbonyl (C=O) groups excluding carboxylic acids is 2. The number of carbonyl (C=O) groups is 2. The van der Waals surface area contributed by atoms with Crippen LogP contribution in [0.2, 0.25) is 0 Å². The average Bonchev–Trinajstić information content (AvgIpc) is 3.40. The Morgan fingerprint density at radius 2 is 1.62 bits per heavy atom. The summed E-state index contributed by atoms with van der Waals surface area (Å²) in [5.74, 6) is -2.13. The van der Waals surface area contributed by atoms with Crippen molar-refractivity contribution in [3.8, 4) is 0 Å². The molecule has 1 heterocycles. The van der Waals surface area contributed by atoms with Gasteiger partial charge in [0.25, 0.3) is 0 Å². The first-order valence-corrected chi connectivity index (χ1v) is 11.7. The predicted octanol–water partition coefficient (Wildman–Crippen LogP) is 1.12. The molecule has 0 radical (unpaired) electrons. The zero-order chi connectivity index (χ0) is 26.8. The number of nitro groups is 1. The Hall–Kier alpha value is -4.58. The monoisotopic (exact) mass is 506 g/mol. The van der Waals surface area contributed by atoms with Crippen LogP contribution in [0.1, 0.15) is 35.6 Å². The lowest BCUT2D eigenvalue weighted by Gasteiger charge is -2.33. The third-order valence-corrected chi connectivity index (χ3v) is 5.99. The maximum atomic E-state index is 14.2. The minimum Gasteiger partial charge on any atom is -0.381 e. The van der Waals surface area contributed by atoms with Gasteiger partial charge in [0, 0.05) is 19.2 Å². The number of nitrogens with one attached hydrogen (secondary N) is 1. The Balaban J connectivity index is 1.96. The fourth-order valence-electron chi connectivity index (χ4n) is 4.12. The third-order valence-electron chi connectivity index (χ3n) is 5.99. The number of hydrogen-bond acceptors (Lipinski definition) is 6. The molecule has 37 heavy (non-hydrogen) atoms. The molecule has 2 amide bonds. The predicted molar refractivity (Wildman–Crippen MR) is 138 cm³/mol. The molecule has 12 nitrogen and oxygen atoms in total. The molecule has 3 aromatic rings. The molecule has 7 N–H and O–H groups in total. The Bertz CT molecular complexity index is 1160. The number of hydrazone groups is 1. The lowest BCUT2D eigenvalue weighted by atomic mass is 9.89. The molecule has 194 valence electrons. The summed E-state index contributed by atoms with van der Waals surface area (Å²) in [4.78, 5) is 46.0. The van der Waals surface area contributed by atoms with E-state index in [0.29, 0.717) is 12.1 Å². The largest absolute Gasteiger partial charge is 0.381 e. The molecule has 0 aliphatic rings. The number of amides is 2. The summed E-state index contributed by atoms with van der Waals surface area (Å²) in [5, 5.41) is 12.7. The second-order valence-electron chi connectivity index (χ2n) is 8.46. The highest BCUT2D eigenvalue weighted by atomic mass is 16.7. The van der Waals surface area contributed by atoms with Crippen LogP contribution in [0.15, 0.2) is 78.3 Å². The van der Waals surface area contributed by atoms with Gasteiger partial charge in [-0.2, -0.15) is 0 Å². The summed E-state index contributed by atoms with van der Waals surface area (Å²) >= 11 is 0. The van der Waals surface area contributed by atoms with E-state index in [1.165, 1.54) is 11.2 Å². The third kappa shape index (κ3) is 7.45. The summed E-state index contributed by atoms with van der Waals surface area (Å²) in [5.41, 5.74) is 19.6. The Labute approximate surface area is 213 Å². The van der Waals surface area contributed by atoms with Gasteiger partial charge in [-0.15, -0.1) is 0 Å². The maximum absolute atomic E-state index is 14.2. The van der Waals surface area contributed by atoms with Crippen molar-refractivity contribution in [1.29, 1.82) is 0 Å². The van der Waals surface area contributed by atoms with E-state index in [9.17, 15) is 19.7 Å². The minimum atomic E-state index is -1.05. The van der Waals surface area contributed by atoms with Crippen LogP contribution in [-0.4, -0.2) is 56.2 Å². The van der Waals surface area contributed by atoms with E-state index in [0.717, 1.165) is 11.1 Å². The molecule has 0 saturated heterocycles. The Morgan fingerprint density at radius 3 is 2.11 bits per heavy atom. The van der Waals surface area contributed by atoms with E-state index in [-0.39, 0.29) is 31.1 Å². The topological polar surface area (TPSA) is 200 Å². The number of rotatable bonds is 13. The minimum absolute atomic E-state index is 0.0348. The molecular formula is C25H30N8O4. The van der Waals surface area contributed by atoms with E-state index in [1.807, 2.05) is 60.7 Å². The summed E-state index contributed by atoms with van der Waals surface area (Å²) < 4.78 is 0. The first kappa shape index (κ1) is 27.0. The Morgan fingerprint density at radius 1 is 1.03 bits per heavy atom. The van der Waals surface area contributed by atoms with Crippen LogP contribution in [0.4, 0.5) is 0 Å². The number of hydrogen-bond donors (Lipinski definition) is 4. The van der Waals surface area contributed by atoms with E-state index in [2.05, 4.69) is 15.1 Å². The van der Waals surface area contributed by atoms with Crippen LogP contribution in [0.5, 0.6) is 0 Å². The van der Waals surface area contributed by atoms with Gasteiger partial charge in [0.15, 0.2) is 10.9 Å². The SMILES string of the molecule is NC(=O)[C@H](CCC(N)C(N)=N[N+](=O)[O-])N(CCc1c[nH]cn1)C(=O)C(c1ccccc1)c1ccccc1. The quantitative estimate of drug-likeness (QED) is 0.115. The lowest BCUT2D eigenvalue weighted by molar-refractivity contribution is -0.485. The maximum Gasteiger partial charge on any atom is 0.240 e. The number of aromatic nitrogens is 2. The van der Waals surface area contributed by atoms with Crippen molar-refractivity contribution in [2.75, 3.05) is 6.54 Å². The van der Waals surface area contributed by atoms with Crippen LogP contribution in [-0.2, 0) is 16.0 Å². The van der Waals surface area contributed by atoms with E-state index < -0.39 is 28.9 Å². The standard InChI is InChI=1S/C25H30N8O4/c26-20(23(27)31-33(36)37)11-12-21(24(28)34)32(14-13-19-15-29-16-30-19)25(35)22(17-7-3-1-4-8-17)18-9-5-2-6-10-18/h1-10,15-16,20-22H,11-14,26H2,(H2,27,31)(H2,28,34)(H,29,30)/t20?,21-/m0/s1. The van der Waals surface area contributed by atoms with E-state index in [4.69, 9.17) is 17.2 Å². The molecule has 2 atom stereocenters. The van der Waals surface area contributed by atoms with Crippen molar-refractivity contribution in [3.05, 3.63) is 100 Å². The zero-order valence-corrected chi connectivity index (χ0v) is 20.1. The zero-order valence-electron chi connectivity index (χ0n) is 20.1. The number of imidazole rings is 1. The van der Waals surface area contributed by atoms with Gasteiger partial charge in [-0.1, -0.05) is 60.7 Å². The second kappa shape index (κ2) is 12.9. The number of amidine groups is 1. The molecule has 3 rings (SSSR count). The van der Waals surface area contributed by atoms with Gasteiger partial charge in [-0.05, 0) is 24.0 Å². The molecule has 0 aliphatic heterocycles. The molecule has 0 bridgehead atoms. The van der Waals surface area contributed by atoms with Gasteiger partial charge in [0.05, 0.1) is 29.1 Å². The molecule has 1 unspecified atom stereocenters. The fraction of sp³-hybridized carbons (Fsp3) is 0.280. The highest BCUT2D eigenvalue weighted by Crippen LogP contribution is 2.28. The molecule has 0 saturated carbocycles. The number of aromatic amines is 1. The molecule has 0 aliphatic carbocycles. The summed E-state index contributed by atoms with van der Waals surface area (Å²) in [6.07, 6.45) is 3.68. The highest BCUT2D eigenvalue weighted by Gasteiger charge is 2.34. The normalized spacial score (nSPS) is 13.2. The lowest BCUT2D eigenvalue weighted by Crippen LogP contribution is -2.51. The molecule has 12 heteroatoms. The van der Waals surface area contributed by atoms with Crippen molar-refractivity contribution in [2.24, 2.45) is 22.3 Å². The van der Waals surface area contributed by atoms with Crippen LogP contribution >= 0.6 is 0 Å². The van der Waals surface area contributed by atoms with Gasteiger partial charge in [0.1, 0.15) is 6.04 Å². The van der Waals surface area contributed by atoms with Crippen molar-refractivity contribution in [2.45, 2.75) is 37.3 Å². The van der Waals surface area contributed by atoms with E-state index in [1.54, 1.807) is 6.20 Å². The van der Waals surface area contributed by atoms with Gasteiger partial charge in [-0.25, -0.2) is 15.1 Å². The molecule has 0 fully saturated rings. The average molecular weight is 507 g/mol. The van der Waals surface area contributed by atoms with Crippen molar-refractivity contribution in [3.63, 3.8) is 0 Å². The summed E-state index contributed by atoms with van der Waals surface area (Å²) in [7, 11) is 0. The summed E-state index contributed by atoms with van der Waals surface area (Å²) in [6.45, 7) is 0.154. The second-order valence-corrected chi connectivity index (χ2v) is 8.46. The molecular weight excluding hydrogens is 476 g/mol. The van der Waals surface area contributed by atoms with Crippen LogP contribution in [0, 0.1) is 10.1 Å². The van der Waals surface area contributed by atoms with Gasteiger partial charge < -0.3 is 27.1 Å². The van der Waals surface area contributed by atoms with Crippen LogP contribution < -0.4 is 17.2 Å². The fourth-order valence-corrected chi connectivity index (χ4v) is 4.12. The smallest absolute Gasteiger partial charge is 0.240 e. The number of nitrogens with two attached hydrogens (primary N) is 3. The summed E-state index contributed by atoms with van der Waals surface area (Å²) in [6, 6.07) is 16.5. The first-order valence-electron chi connectivity index (χ1n) is 11.7. The van der Waals surface area contributed by atoms with Crippen molar-refractivity contribution >= 4 is 17.6 Å². The molecule has 2 aromatic carbocycles. The Kier molecular flexibility index (Phi) is 9.44. The van der Waals surface area contributed by atoms with E-state index >= 15 is 0 Å². The highest BCUT2D eigenvalue weighted by molar-refractivity contribution is 5.92. The van der Waals surface area contributed by atoms with Gasteiger partial charge in [-0.3, -0.25) is 9.59 Å². The van der Waals surface area contributed by atoms with Crippen LogP contribution in [0.25, 0.3) is 0 Å².